The Balaban J connectivity index is -0.0000000112. The second-order valence-electron chi connectivity index (χ2n) is 0.693. The molecule has 0 aliphatic carbocycles. The second kappa shape index (κ2) is 22.4. The van der Waals surface area contributed by atoms with Crippen molar-refractivity contribution >= 4 is 14.6 Å². The van der Waals surface area contributed by atoms with E-state index in [0.29, 0.717) is 0 Å². The van der Waals surface area contributed by atoms with Crippen LogP contribution >= 0.6 is 0 Å². The van der Waals surface area contributed by atoms with Gasteiger partial charge in [-0.1, -0.05) is 0 Å². The fourth-order valence-electron chi connectivity index (χ4n) is 0. The summed E-state index contributed by atoms with van der Waals surface area (Å²) in [6.07, 6.45) is 0. The van der Waals surface area contributed by atoms with Gasteiger partial charge in [-0.2, -0.15) is 0 Å². The SMILES string of the molecule is O.O.OB(O)O.OB(O)O.[H-].[Li+]. The van der Waals surface area contributed by atoms with Gasteiger partial charge >= 0.3 is 33.5 Å². The molecule has 0 unspecified atom stereocenters. The zero-order valence-electron chi connectivity index (χ0n) is 6.84. The molecule has 8 nitrogen and oxygen atoms in total. The zero-order chi connectivity index (χ0) is 7.15. The van der Waals surface area contributed by atoms with E-state index >= 15 is 0 Å². The second-order valence-corrected chi connectivity index (χ2v) is 0.693. The van der Waals surface area contributed by atoms with Crippen LogP contribution in [0.4, 0.5) is 0 Å². The van der Waals surface area contributed by atoms with Crippen molar-refractivity contribution in [3.05, 3.63) is 0 Å². The first-order chi connectivity index (χ1) is 3.46. The molecule has 0 aromatic carbocycles. The third-order valence-electron chi connectivity index (χ3n) is 0. The molecule has 0 aliphatic rings. The van der Waals surface area contributed by atoms with Crippen molar-refractivity contribution in [2.24, 2.45) is 0 Å². The van der Waals surface area contributed by atoms with Crippen molar-refractivity contribution in [1.82, 2.24) is 0 Å². The summed E-state index contributed by atoms with van der Waals surface area (Å²) < 4.78 is 0. The average molecular weight is 168 g/mol. The summed E-state index contributed by atoms with van der Waals surface area (Å²) in [6, 6.07) is 0. The topological polar surface area (TPSA) is 184 Å². The fraction of sp³-hybridized carbons (Fsp3) is 0. The minimum absolute atomic E-state index is 0. The Morgan fingerprint density at radius 2 is 0.636 bits per heavy atom. The van der Waals surface area contributed by atoms with Gasteiger partial charge in [-0.3, -0.25) is 0 Å². The monoisotopic (exact) mass is 168 g/mol. The summed E-state index contributed by atoms with van der Waals surface area (Å²) in [4.78, 5) is 0. The van der Waals surface area contributed by atoms with Crippen molar-refractivity contribution < 1.29 is 61.4 Å². The van der Waals surface area contributed by atoms with Crippen LogP contribution in [-0.2, 0) is 0 Å². The van der Waals surface area contributed by atoms with E-state index in [9.17, 15) is 0 Å². The molecule has 0 aromatic rings. The fourth-order valence-corrected chi connectivity index (χ4v) is 0. The summed E-state index contributed by atoms with van der Waals surface area (Å²) in [7, 11) is -4.33. The van der Waals surface area contributed by atoms with Gasteiger partial charge in [-0.25, -0.2) is 0 Å². The standard InChI is InChI=1S/2BH3O3.Li.2H2O.H/c2*2-1(3)4;;;;/h2*2-4H;;2*1H2;/q;;+1;;;-1. The normalized spacial score (nSPS) is 4.91. The van der Waals surface area contributed by atoms with Crippen LogP contribution in [0.2, 0.25) is 0 Å². The van der Waals surface area contributed by atoms with Gasteiger partial charge in [-0.05, 0) is 0 Å². The Bertz CT molecular complexity index is 32.5. The van der Waals surface area contributed by atoms with E-state index in [4.69, 9.17) is 30.1 Å². The maximum atomic E-state index is 7.17. The molecule has 0 radical (unpaired) electrons. The first-order valence-electron chi connectivity index (χ1n) is 1.55. The van der Waals surface area contributed by atoms with Crippen LogP contribution < -0.4 is 18.9 Å². The summed E-state index contributed by atoms with van der Waals surface area (Å²) >= 11 is 0. The molecule has 11 heavy (non-hydrogen) atoms. The van der Waals surface area contributed by atoms with E-state index in [1.54, 1.807) is 0 Å². The predicted molar refractivity (Wildman–Crippen MR) is 33.2 cm³/mol. The Kier molecular flexibility index (Phi) is 61.4. The summed E-state index contributed by atoms with van der Waals surface area (Å²) in [5.41, 5.74) is 0. The summed E-state index contributed by atoms with van der Waals surface area (Å²) in [5, 5.41) is 43.0. The molecule has 10 N–H and O–H groups in total. The van der Waals surface area contributed by atoms with E-state index in [1.165, 1.54) is 0 Å². The third-order valence-corrected chi connectivity index (χ3v) is 0. The Hall–Kier alpha value is 0.407. The minimum atomic E-state index is -2.17. The first kappa shape index (κ1) is 30.1. The third kappa shape index (κ3) is 4430. The smallest absolute Gasteiger partial charge is 1.00 e. The molecule has 0 fully saturated rings. The average Bonchev–Trinajstić information content (AvgIpc) is 1.25. The number of rotatable bonds is 0. The molecule has 66 valence electrons. The van der Waals surface area contributed by atoms with Gasteiger partial charge in [0.15, 0.2) is 0 Å². The van der Waals surface area contributed by atoms with Crippen LogP contribution in [0.3, 0.4) is 0 Å². The van der Waals surface area contributed by atoms with Gasteiger partial charge in [0.2, 0.25) is 0 Å². The molecule has 0 atom stereocenters. The molecule has 0 aromatic heterocycles. The van der Waals surface area contributed by atoms with Crippen molar-refractivity contribution in [2.75, 3.05) is 0 Å². The predicted octanol–water partition coefficient (Wildman–Crippen LogP) is -8.64. The summed E-state index contributed by atoms with van der Waals surface area (Å²) in [5.74, 6) is 0. The molecule has 0 spiro atoms. The molecular weight excluding hydrogens is 157 g/mol. The van der Waals surface area contributed by atoms with Gasteiger partial charge in [0.05, 0.1) is 0 Å². The molecule has 0 saturated heterocycles. The number of hydrogen-bond donors (Lipinski definition) is 6. The van der Waals surface area contributed by atoms with Gasteiger partial charge in [0, 0.05) is 0 Å². The van der Waals surface area contributed by atoms with Crippen LogP contribution in [0.1, 0.15) is 1.43 Å². The molecule has 0 saturated carbocycles. The first-order valence-corrected chi connectivity index (χ1v) is 1.55. The van der Waals surface area contributed by atoms with Crippen LogP contribution in [0.5, 0.6) is 0 Å². The Labute approximate surface area is 76.7 Å². The molecule has 0 aliphatic heterocycles. The van der Waals surface area contributed by atoms with Crippen molar-refractivity contribution in [1.29, 1.82) is 0 Å². The van der Waals surface area contributed by atoms with E-state index in [-0.39, 0.29) is 31.2 Å². The van der Waals surface area contributed by atoms with Gasteiger partial charge in [0.25, 0.3) is 0 Å². The molecular formula is H11B2LiO8. The van der Waals surface area contributed by atoms with Crippen molar-refractivity contribution in [3.8, 4) is 0 Å². The Morgan fingerprint density at radius 1 is 0.636 bits per heavy atom. The Morgan fingerprint density at radius 3 is 0.636 bits per heavy atom. The van der Waals surface area contributed by atoms with E-state index in [2.05, 4.69) is 0 Å². The van der Waals surface area contributed by atoms with Gasteiger partial charge < -0.3 is 42.5 Å². The zero-order valence-corrected chi connectivity index (χ0v) is 5.84. The van der Waals surface area contributed by atoms with Crippen molar-refractivity contribution in [2.45, 2.75) is 0 Å². The van der Waals surface area contributed by atoms with E-state index in [1.807, 2.05) is 0 Å². The minimum Gasteiger partial charge on any atom is -1.00 e. The largest absolute Gasteiger partial charge is 1.00 e. The van der Waals surface area contributed by atoms with Crippen molar-refractivity contribution in [3.63, 3.8) is 0 Å². The van der Waals surface area contributed by atoms with Gasteiger partial charge in [-0.15, -0.1) is 0 Å². The van der Waals surface area contributed by atoms with Crippen LogP contribution in [0.25, 0.3) is 0 Å². The summed E-state index contributed by atoms with van der Waals surface area (Å²) in [6.45, 7) is 0. The van der Waals surface area contributed by atoms with Crippen LogP contribution in [0.15, 0.2) is 0 Å². The van der Waals surface area contributed by atoms with Crippen LogP contribution in [-0.4, -0.2) is 55.7 Å². The molecule has 0 rings (SSSR count). The quantitative estimate of drug-likeness (QED) is 0.195. The van der Waals surface area contributed by atoms with E-state index < -0.39 is 14.6 Å². The molecule has 0 heterocycles. The molecule has 11 heteroatoms. The molecule has 0 bridgehead atoms. The maximum Gasteiger partial charge on any atom is 1.00 e. The van der Waals surface area contributed by atoms with Crippen LogP contribution in [0, 0.1) is 0 Å². The maximum absolute atomic E-state index is 7.17. The van der Waals surface area contributed by atoms with E-state index in [0.717, 1.165) is 0 Å². The number of hydrogen-bond acceptors (Lipinski definition) is 6. The molecule has 0 amide bonds. The van der Waals surface area contributed by atoms with Gasteiger partial charge in [0.1, 0.15) is 0 Å².